The van der Waals surface area contributed by atoms with Gasteiger partial charge in [0, 0.05) is 17.9 Å². The van der Waals surface area contributed by atoms with E-state index in [2.05, 4.69) is 4.98 Å². The van der Waals surface area contributed by atoms with Crippen LogP contribution in [0.4, 0.5) is 0 Å². The highest BCUT2D eigenvalue weighted by Gasteiger charge is 2.17. The molecular weight excluding hydrogens is 248 g/mol. The van der Waals surface area contributed by atoms with Gasteiger partial charge in [-0.3, -0.25) is 4.57 Å². The van der Waals surface area contributed by atoms with Gasteiger partial charge < -0.3 is 10.1 Å². The van der Waals surface area contributed by atoms with Crippen LogP contribution < -0.4 is 5.69 Å². The Bertz CT molecular complexity index is 611. The lowest BCUT2D eigenvalue weighted by Gasteiger charge is -2.21. The second-order valence-corrected chi connectivity index (χ2v) is 6.14. The van der Waals surface area contributed by atoms with E-state index in [-0.39, 0.29) is 11.4 Å². The molecule has 2 aromatic rings. The minimum absolute atomic E-state index is 0.0817. The van der Waals surface area contributed by atoms with Crippen LogP contribution in [0.2, 0.25) is 0 Å². The molecule has 1 unspecified atom stereocenters. The van der Waals surface area contributed by atoms with Crippen molar-refractivity contribution in [3.05, 3.63) is 28.7 Å². The summed E-state index contributed by atoms with van der Waals surface area (Å²) in [6.45, 7) is 0.758. The molecule has 5 heteroatoms. The number of nitrogens with zero attached hydrogens (tertiary/aromatic N) is 1. The zero-order valence-electron chi connectivity index (χ0n) is 10.1. The summed E-state index contributed by atoms with van der Waals surface area (Å²) >= 11 is 1.96. The summed E-state index contributed by atoms with van der Waals surface area (Å²) in [7, 11) is 0. The summed E-state index contributed by atoms with van der Waals surface area (Å²) in [5, 5.41) is 9.95. The van der Waals surface area contributed by atoms with Crippen molar-refractivity contribution in [1.29, 1.82) is 0 Å². The molecule has 3 rings (SSSR count). The Kier molecular flexibility index (Phi) is 3.07. The summed E-state index contributed by atoms with van der Waals surface area (Å²) in [4.78, 5) is 14.7. The SMILES string of the molecule is O=c1[nH]c2cc(O)ccc2n1CC1CCCCS1. The number of aromatic hydroxyl groups is 1. The zero-order chi connectivity index (χ0) is 12.5. The minimum Gasteiger partial charge on any atom is -0.508 e. The molecule has 0 bridgehead atoms. The maximum Gasteiger partial charge on any atom is 0.326 e. The number of hydrogen-bond acceptors (Lipinski definition) is 3. The average Bonchev–Trinajstić information content (AvgIpc) is 2.66. The first-order valence-corrected chi connectivity index (χ1v) is 7.32. The minimum atomic E-state index is -0.0817. The summed E-state index contributed by atoms with van der Waals surface area (Å²) in [5.41, 5.74) is 1.51. The van der Waals surface area contributed by atoms with Crippen molar-refractivity contribution < 1.29 is 5.11 Å². The van der Waals surface area contributed by atoms with Crippen LogP contribution in [0.25, 0.3) is 11.0 Å². The van der Waals surface area contributed by atoms with E-state index in [4.69, 9.17) is 0 Å². The van der Waals surface area contributed by atoms with Crippen molar-refractivity contribution in [2.45, 2.75) is 31.1 Å². The van der Waals surface area contributed by atoms with Gasteiger partial charge in [-0.25, -0.2) is 4.79 Å². The number of rotatable bonds is 2. The number of phenolic OH excluding ortho intramolecular Hbond substituents is 1. The molecule has 0 radical (unpaired) electrons. The highest BCUT2D eigenvalue weighted by Crippen LogP contribution is 2.27. The van der Waals surface area contributed by atoms with Crippen LogP contribution >= 0.6 is 11.8 Å². The molecule has 4 nitrogen and oxygen atoms in total. The van der Waals surface area contributed by atoms with E-state index < -0.39 is 0 Å². The first-order valence-electron chi connectivity index (χ1n) is 6.27. The number of imidazole rings is 1. The lowest BCUT2D eigenvalue weighted by atomic mass is 10.2. The zero-order valence-corrected chi connectivity index (χ0v) is 10.9. The Labute approximate surface area is 109 Å². The number of aromatic nitrogens is 2. The van der Waals surface area contributed by atoms with Crippen molar-refractivity contribution in [1.82, 2.24) is 9.55 Å². The molecule has 0 aliphatic carbocycles. The standard InChI is InChI=1S/C13H16N2O2S/c16-9-4-5-12-11(7-9)14-13(17)15(12)8-10-3-1-2-6-18-10/h4-5,7,10,16H,1-3,6,8H2,(H,14,17). The molecule has 1 aliphatic rings. The average molecular weight is 264 g/mol. The highest BCUT2D eigenvalue weighted by atomic mass is 32.2. The van der Waals surface area contributed by atoms with Crippen molar-refractivity contribution >= 4 is 22.8 Å². The quantitative estimate of drug-likeness (QED) is 0.875. The molecule has 1 fully saturated rings. The molecule has 1 saturated heterocycles. The summed E-state index contributed by atoms with van der Waals surface area (Å²) < 4.78 is 1.79. The molecule has 0 saturated carbocycles. The maximum atomic E-state index is 11.9. The van der Waals surface area contributed by atoms with Crippen LogP contribution in [0, 0.1) is 0 Å². The normalized spacial score (nSPS) is 20.3. The fraction of sp³-hybridized carbons (Fsp3) is 0.462. The summed E-state index contributed by atoms with van der Waals surface area (Å²) in [5.74, 6) is 1.38. The number of H-pyrrole nitrogens is 1. The molecular formula is C13H16N2O2S. The summed E-state index contributed by atoms with van der Waals surface area (Å²) in [6.07, 6.45) is 3.73. The van der Waals surface area contributed by atoms with E-state index in [1.165, 1.54) is 25.0 Å². The van der Waals surface area contributed by atoms with Crippen LogP contribution in [0.1, 0.15) is 19.3 Å². The van der Waals surface area contributed by atoms with Crippen LogP contribution in [0.5, 0.6) is 5.75 Å². The predicted octanol–water partition coefficient (Wildman–Crippen LogP) is 2.32. The van der Waals surface area contributed by atoms with E-state index in [1.54, 1.807) is 22.8 Å². The van der Waals surface area contributed by atoms with Crippen LogP contribution in [-0.2, 0) is 6.54 Å². The number of hydrogen-bond donors (Lipinski definition) is 2. The van der Waals surface area contributed by atoms with Crippen LogP contribution in [0.15, 0.2) is 23.0 Å². The smallest absolute Gasteiger partial charge is 0.326 e. The van der Waals surface area contributed by atoms with E-state index in [0.29, 0.717) is 10.8 Å². The Morgan fingerprint density at radius 1 is 1.44 bits per heavy atom. The monoisotopic (exact) mass is 264 g/mol. The van der Waals surface area contributed by atoms with Gasteiger partial charge in [0.05, 0.1) is 11.0 Å². The maximum absolute atomic E-state index is 11.9. The lowest BCUT2D eigenvalue weighted by Crippen LogP contribution is -2.24. The van der Waals surface area contributed by atoms with Gasteiger partial charge >= 0.3 is 5.69 Å². The van der Waals surface area contributed by atoms with Crippen LogP contribution in [0.3, 0.4) is 0 Å². The second-order valence-electron chi connectivity index (χ2n) is 4.73. The number of benzene rings is 1. The highest BCUT2D eigenvalue weighted by molar-refractivity contribution is 7.99. The van der Waals surface area contributed by atoms with Gasteiger partial charge in [0.15, 0.2) is 0 Å². The van der Waals surface area contributed by atoms with Crippen molar-refractivity contribution in [2.24, 2.45) is 0 Å². The number of aromatic amines is 1. The molecule has 1 aromatic heterocycles. The van der Waals surface area contributed by atoms with Crippen LogP contribution in [-0.4, -0.2) is 25.7 Å². The molecule has 1 aliphatic heterocycles. The van der Waals surface area contributed by atoms with Gasteiger partial charge in [0.25, 0.3) is 0 Å². The van der Waals surface area contributed by atoms with E-state index >= 15 is 0 Å². The molecule has 96 valence electrons. The van der Waals surface area contributed by atoms with Gasteiger partial charge in [0.2, 0.25) is 0 Å². The first-order chi connectivity index (χ1) is 8.74. The number of phenols is 1. The topological polar surface area (TPSA) is 58.0 Å². The van der Waals surface area contributed by atoms with Gasteiger partial charge in [-0.15, -0.1) is 0 Å². The Balaban J connectivity index is 1.95. The van der Waals surface area contributed by atoms with Gasteiger partial charge in [-0.1, -0.05) is 6.42 Å². The fourth-order valence-electron chi connectivity index (χ4n) is 2.49. The Hall–Kier alpha value is -1.36. The Morgan fingerprint density at radius 3 is 3.11 bits per heavy atom. The third-order valence-corrected chi connectivity index (χ3v) is 4.80. The third kappa shape index (κ3) is 2.14. The third-order valence-electron chi connectivity index (χ3n) is 3.42. The van der Waals surface area contributed by atoms with E-state index in [9.17, 15) is 9.90 Å². The molecule has 2 N–H and O–H groups in total. The summed E-state index contributed by atoms with van der Waals surface area (Å²) in [6, 6.07) is 5.03. The molecule has 0 spiro atoms. The number of nitrogens with one attached hydrogen (secondary N) is 1. The van der Waals surface area contributed by atoms with Crippen molar-refractivity contribution in [2.75, 3.05) is 5.75 Å². The van der Waals surface area contributed by atoms with Crippen molar-refractivity contribution in [3.63, 3.8) is 0 Å². The van der Waals surface area contributed by atoms with E-state index in [1.807, 2.05) is 11.8 Å². The molecule has 1 atom stereocenters. The van der Waals surface area contributed by atoms with Gasteiger partial charge in [0.1, 0.15) is 5.75 Å². The predicted molar refractivity (Wildman–Crippen MR) is 74.3 cm³/mol. The van der Waals surface area contributed by atoms with Gasteiger partial charge in [-0.2, -0.15) is 11.8 Å². The number of fused-ring (bicyclic) bond motifs is 1. The van der Waals surface area contributed by atoms with Crippen molar-refractivity contribution in [3.8, 4) is 5.75 Å². The first kappa shape index (κ1) is 11.7. The van der Waals surface area contributed by atoms with E-state index in [0.717, 1.165) is 12.1 Å². The lowest BCUT2D eigenvalue weighted by molar-refractivity contribution is 0.476. The van der Waals surface area contributed by atoms with Gasteiger partial charge in [-0.05, 0) is 30.7 Å². The Morgan fingerprint density at radius 2 is 2.33 bits per heavy atom. The molecule has 2 heterocycles. The second kappa shape index (κ2) is 4.72. The molecule has 1 aromatic carbocycles. The number of thioether (sulfide) groups is 1. The molecule has 18 heavy (non-hydrogen) atoms. The molecule has 0 amide bonds. The largest absolute Gasteiger partial charge is 0.508 e. The fourth-order valence-corrected chi connectivity index (χ4v) is 3.78.